The van der Waals surface area contributed by atoms with E-state index in [4.69, 9.17) is 0 Å². The van der Waals surface area contributed by atoms with Crippen LogP contribution < -0.4 is 0 Å². The highest BCUT2D eigenvalue weighted by Crippen LogP contribution is 2.49. The van der Waals surface area contributed by atoms with Crippen molar-refractivity contribution in [1.82, 2.24) is 0 Å². The number of allylic oxidation sites excluding steroid dienone is 2. The molecule has 0 heteroatoms. The molecule has 3 aliphatic rings. The van der Waals surface area contributed by atoms with E-state index in [0.29, 0.717) is 5.41 Å². The summed E-state index contributed by atoms with van der Waals surface area (Å²) in [5, 5.41) is 0. The normalized spacial score (nSPS) is 38.3. The topological polar surface area (TPSA) is 0 Å². The molecule has 0 aliphatic heterocycles. The van der Waals surface area contributed by atoms with Crippen molar-refractivity contribution < 1.29 is 0 Å². The highest BCUT2D eigenvalue weighted by molar-refractivity contribution is 4.99. The van der Waals surface area contributed by atoms with Crippen molar-refractivity contribution in [2.75, 3.05) is 0 Å². The first-order chi connectivity index (χ1) is 15.7. The van der Waals surface area contributed by atoms with Gasteiger partial charge in [0.25, 0.3) is 0 Å². The first kappa shape index (κ1) is 27.3. The minimum atomic E-state index is 0.481. The second-order valence-corrected chi connectivity index (χ2v) is 14.1. The van der Waals surface area contributed by atoms with E-state index in [1.54, 1.807) is 0 Å². The van der Waals surface area contributed by atoms with Gasteiger partial charge in [0.05, 0.1) is 0 Å². The Kier molecular flexibility index (Phi) is 10.5. The average molecular weight is 457 g/mol. The summed E-state index contributed by atoms with van der Waals surface area (Å²) < 4.78 is 0. The summed E-state index contributed by atoms with van der Waals surface area (Å²) in [5.74, 6) is 8.27. The van der Waals surface area contributed by atoms with Gasteiger partial charge in [-0.2, -0.15) is 0 Å². The van der Waals surface area contributed by atoms with Crippen molar-refractivity contribution in [2.24, 2.45) is 58.7 Å². The third-order valence-electron chi connectivity index (χ3n) is 11.2. The monoisotopic (exact) mass is 456 g/mol. The summed E-state index contributed by atoms with van der Waals surface area (Å²) in [7, 11) is 0. The van der Waals surface area contributed by atoms with Crippen LogP contribution in [0.1, 0.15) is 138 Å². The Hall–Kier alpha value is -0.260. The molecule has 0 aromatic carbocycles. The lowest BCUT2D eigenvalue weighted by atomic mass is 9.61. The Morgan fingerprint density at radius 2 is 1.55 bits per heavy atom. The van der Waals surface area contributed by atoms with Crippen LogP contribution >= 0.6 is 0 Å². The molecule has 0 amide bonds. The van der Waals surface area contributed by atoms with Gasteiger partial charge >= 0.3 is 0 Å². The van der Waals surface area contributed by atoms with Crippen LogP contribution in [0.25, 0.3) is 0 Å². The van der Waals surface area contributed by atoms with Gasteiger partial charge in [0, 0.05) is 0 Å². The van der Waals surface area contributed by atoms with E-state index in [1.807, 2.05) is 0 Å². The fourth-order valence-corrected chi connectivity index (χ4v) is 8.29. The van der Waals surface area contributed by atoms with Crippen molar-refractivity contribution in [1.29, 1.82) is 0 Å². The van der Waals surface area contributed by atoms with Gasteiger partial charge in [-0.1, -0.05) is 106 Å². The zero-order valence-corrected chi connectivity index (χ0v) is 23.8. The molecule has 0 radical (unpaired) electrons. The quantitative estimate of drug-likeness (QED) is 0.302. The molecule has 0 aromatic heterocycles. The van der Waals surface area contributed by atoms with E-state index in [9.17, 15) is 0 Å². The second kappa shape index (κ2) is 12.6. The van der Waals surface area contributed by atoms with E-state index in [-0.39, 0.29) is 0 Å². The molecule has 0 N–H and O–H groups in total. The molecule has 7 atom stereocenters. The Morgan fingerprint density at radius 1 is 0.848 bits per heavy atom. The maximum Gasteiger partial charge on any atom is -0.0205 e. The van der Waals surface area contributed by atoms with Crippen LogP contribution in [0.15, 0.2) is 12.2 Å². The Labute approximate surface area is 209 Å². The summed E-state index contributed by atoms with van der Waals surface area (Å²) in [5.41, 5.74) is 0.481. The van der Waals surface area contributed by atoms with E-state index in [1.165, 1.54) is 89.9 Å². The standard InChI is InChI=1S/C33H60/c1-8-11-28(18-21-29-13-9-12-25(3)26(29)4)23-33(6,7)32-15-10-14-31(22-32)27(5)30-19-16-24(2)17-20-30/h18,21,24-32H,8-17,19-20,22-23H2,1-7H3. The Morgan fingerprint density at radius 3 is 2.24 bits per heavy atom. The molecule has 3 aliphatic carbocycles. The fraction of sp³-hybridized carbons (Fsp3) is 0.939. The van der Waals surface area contributed by atoms with Crippen molar-refractivity contribution in [3.05, 3.63) is 12.2 Å². The number of hydrogen-bond acceptors (Lipinski definition) is 0. The third kappa shape index (κ3) is 7.61. The van der Waals surface area contributed by atoms with Gasteiger partial charge in [-0.05, 0) is 104 Å². The Bertz CT molecular complexity index is 577. The Balaban J connectivity index is 1.58. The molecule has 0 bridgehead atoms. The smallest absolute Gasteiger partial charge is 0.0205 e. The van der Waals surface area contributed by atoms with Crippen LogP contribution in [0.3, 0.4) is 0 Å². The van der Waals surface area contributed by atoms with Crippen LogP contribution in [0.4, 0.5) is 0 Å². The lowest BCUT2D eigenvalue weighted by Crippen LogP contribution is -2.35. The lowest BCUT2D eigenvalue weighted by molar-refractivity contribution is 0.0609. The predicted octanol–water partition coefficient (Wildman–Crippen LogP) is 10.7. The van der Waals surface area contributed by atoms with Crippen LogP contribution in [-0.2, 0) is 0 Å². The molecular weight excluding hydrogens is 396 g/mol. The summed E-state index contributed by atoms with van der Waals surface area (Å²) >= 11 is 0. The first-order valence-electron chi connectivity index (χ1n) is 15.4. The van der Waals surface area contributed by atoms with Crippen LogP contribution in [-0.4, -0.2) is 0 Å². The maximum atomic E-state index is 2.69. The average Bonchev–Trinajstić information content (AvgIpc) is 2.80. The van der Waals surface area contributed by atoms with Crippen molar-refractivity contribution in [2.45, 2.75) is 138 Å². The fourth-order valence-electron chi connectivity index (χ4n) is 8.29. The van der Waals surface area contributed by atoms with Gasteiger partial charge < -0.3 is 0 Å². The highest BCUT2D eigenvalue weighted by atomic mass is 14.4. The van der Waals surface area contributed by atoms with Gasteiger partial charge in [0.15, 0.2) is 0 Å². The predicted molar refractivity (Wildman–Crippen MR) is 147 cm³/mol. The van der Waals surface area contributed by atoms with Gasteiger partial charge in [-0.3, -0.25) is 0 Å². The molecular formula is C33H60. The molecule has 33 heavy (non-hydrogen) atoms. The van der Waals surface area contributed by atoms with Gasteiger partial charge in [-0.25, -0.2) is 0 Å². The molecule has 0 aromatic rings. The summed E-state index contributed by atoms with van der Waals surface area (Å²) in [6.07, 6.45) is 25.8. The molecule has 3 fully saturated rings. The van der Waals surface area contributed by atoms with Gasteiger partial charge in [0.2, 0.25) is 0 Å². The molecule has 7 unspecified atom stereocenters. The van der Waals surface area contributed by atoms with Gasteiger partial charge in [-0.15, -0.1) is 0 Å². The highest BCUT2D eigenvalue weighted by Gasteiger charge is 2.38. The summed E-state index contributed by atoms with van der Waals surface area (Å²) in [6.45, 7) is 17.7. The lowest BCUT2D eigenvalue weighted by Gasteiger charge is -2.45. The van der Waals surface area contributed by atoms with Gasteiger partial charge in [0.1, 0.15) is 0 Å². The van der Waals surface area contributed by atoms with Crippen LogP contribution in [0.5, 0.6) is 0 Å². The van der Waals surface area contributed by atoms with E-state index >= 15 is 0 Å². The zero-order valence-electron chi connectivity index (χ0n) is 23.8. The largest absolute Gasteiger partial charge is 0.0851 e. The molecule has 3 rings (SSSR count). The molecule has 0 saturated heterocycles. The SMILES string of the molecule is CCCC(C=CC1CCCC(C)C1C)CC(C)(C)C1CCCC(C(C)C2CCC(C)CC2)C1. The number of hydrogen-bond donors (Lipinski definition) is 0. The molecule has 0 spiro atoms. The minimum absolute atomic E-state index is 0.481. The zero-order chi connectivity index (χ0) is 24.0. The molecule has 0 heterocycles. The molecule has 0 nitrogen and oxygen atoms in total. The van der Waals surface area contributed by atoms with E-state index in [2.05, 4.69) is 60.6 Å². The first-order valence-corrected chi connectivity index (χ1v) is 15.4. The molecule has 3 saturated carbocycles. The second-order valence-electron chi connectivity index (χ2n) is 14.1. The third-order valence-corrected chi connectivity index (χ3v) is 11.2. The van der Waals surface area contributed by atoms with E-state index < -0.39 is 0 Å². The van der Waals surface area contributed by atoms with Crippen molar-refractivity contribution in [3.8, 4) is 0 Å². The summed E-state index contributed by atoms with van der Waals surface area (Å²) in [6, 6.07) is 0. The number of rotatable bonds is 9. The van der Waals surface area contributed by atoms with E-state index in [0.717, 1.165) is 53.3 Å². The van der Waals surface area contributed by atoms with Crippen LogP contribution in [0.2, 0.25) is 0 Å². The molecule has 192 valence electrons. The van der Waals surface area contributed by atoms with Crippen molar-refractivity contribution in [3.63, 3.8) is 0 Å². The van der Waals surface area contributed by atoms with Crippen molar-refractivity contribution >= 4 is 0 Å². The summed E-state index contributed by atoms with van der Waals surface area (Å²) in [4.78, 5) is 0. The maximum absolute atomic E-state index is 2.69. The minimum Gasteiger partial charge on any atom is -0.0851 e. The van der Waals surface area contributed by atoms with Crippen LogP contribution in [0, 0.1) is 58.7 Å².